The van der Waals surface area contributed by atoms with Crippen molar-refractivity contribution in [3.05, 3.63) is 43.2 Å². The number of thiophene rings is 2. The van der Waals surface area contributed by atoms with Gasteiger partial charge < -0.3 is 5.73 Å². The average Bonchev–Trinajstić information content (AvgIpc) is 3.02. The van der Waals surface area contributed by atoms with E-state index in [1.54, 1.807) is 11.3 Å². The Labute approximate surface area is 126 Å². The van der Waals surface area contributed by atoms with Crippen LogP contribution in [-0.4, -0.2) is 18.0 Å². The minimum atomic E-state index is 0.278. The number of fused-ring (bicyclic) bond motifs is 1. The Morgan fingerprint density at radius 2 is 2.32 bits per heavy atom. The number of hydrogen-bond donors (Lipinski definition) is 1. The molecule has 2 unspecified atom stereocenters. The van der Waals surface area contributed by atoms with Gasteiger partial charge in [-0.2, -0.15) is 0 Å². The van der Waals surface area contributed by atoms with E-state index in [1.165, 1.54) is 15.3 Å². The first-order chi connectivity index (χ1) is 9.20. The van der Waals surface area contributed by atoms with E-state index in [0.717, 1.165) is 17.3 Å². The summed E-state index contributed by atoms with van der Waals surface area (Å²) in [4.78, 5) is 5.32. The quantitative estimate of drug-likeness (QED) is 0.925. The normalized spacial score (nSPS) is 21.3. The fraction of sp³-hybridized carbons (Fsp3) is 0.429. The molecule has 1 aliphatic rings. The van der Waals surface area contributed by atoms with Crippen LogP contribution in [0.2, 0.25) is 4.34 Å². The Kier molecular flexibility index (Phi) is 3.96. The van der Waals surface area contributed by atoms with Gasteiger partial charge in [-0.3, -0.25) is 4.90 Å². The van der Waals surface area contributed by atoms with Crippen LogP contribution in [0.15, 0.2) is 23.6 Å². The van der Waals surface area contributed by atoms with E-state index in [0.29, 0.717) is 12.6 Å². The van der Waals surface area contributed by atoms with E-state index < -0.39 is 0 Å². The molecule has 2 nitrogen and oxygen atoms in total. The lowest BCUT2D eigenvalue weighted by molar-refractivity contribution is 0.141. The van der Waals surface area contributed by atoms with E-state index in [4.69, 9.17) is 17.3 Å². The van der Waals surface area contributed by atoms with Crippen LogP contribution in [0.25, 0.3) is 0 Å². The summed E-state index contributed by atoms with van der Waals surface area (Å²) in [6.45, 7) is 4.00. The summed E-state index contributed by atoms with van der Waals surface area (Å²) >= 11 is 9.58. The second kappa shape index (κ2) is 5.54. The molecule has 1 aliphatic heterocycles. The molecule has 0 amide bonds. The third-order valence-electron chi connectivity index (χ3n) is 3.87. The van der Waals surface area contributed by atoms with E-state index in [9.17, 15) is 0 Å². The number of hydrogen-bond acceptors (Lipinski definition) is 4. The van der Waals surface area contributed by atoms with Crippen molar-refractivity contribution >= 4 is 34.3 Å². The van der Waals surface area contributed by atoms with Gasteiger partial charge in [-0.1, -0.05) is 11.6 Å². The molecule has 19 heavy (non-hydrogen) atoms. The zero-order valence-corrected chi connectivity index (χ0v) is 13.2. The summed E-state index contributed by atoms with van der Waals surface area (Å²) in [5, 5.41) is 2.20. The SMILES string of the molecule is CC1c2ccsc2CCN1C(CN)c1ccc(Cl)s1. The third-order valence-corrected chi connectivity index (χ3v) is 6.20. The molecular formula is C14H17ClN2S2. The highest BCUT2D eigenvalue weighted by atomic mass is 35.5. The highest BCUT2D eigenvalue weighted by molar-refractivity contribution is 7.16. The van der Waals surface area contributed by atoms with Crippen LogP contribution in [0.3, 0.4) is 0 Å². The number of rotatable bonds is 3. The molecule has 2 aromatic rings. The summed E-state index contributed by atoms with van der Waals surface area (Å²) < 4.78 is 0.842. The van der Waals surface area contributed by atoms with Gasteiger partial charge >= 0.3 is 0 Å². The van der Waals surface area contributed by atoms with Gasteiger partial charge in [-0.15, -0.1) is 22.7 Å². The first-order valence-corrected chi connectivity index (χ1v) is 8.55. The van der Waals surface area contributed by atoms with Crippen molar-refractivity contribution in [2.24, 2.45) is 5.73 Å². The molecule has 0 saturated heterocycles. The van der Waals surface area contributed by atoms with Crippen molar-refractivity contribution in [3.63, 3.8) is 0 Å². The third kappa shape index (κ3) is 2.48. The Bertz CT molecular complexity index is 563. The van der Waals surface area contributed by atoms with E-state index >= 15 is 0 Å². The Balaban J connectivity index is 1.89. The Morgan fingerprint density at radius 1 is 1.47 bits per heavy atom. The molecule has 2 aromatic heterocycles. The van der Waals surface area contributed by atoms with E-state index in [1.807, 2.05) is 17.4 Å². The van der Waals surface area contributed by atoms with E-state index in [-0.39, 0.29) is 6.04 Å². The van der Waals surface area contributed by atoms with Crippen LogP contribution < -0.4 is 5.73 Å². The van der Waals surface area contributed by atoms with Crippen molar-refractivity contribution in [3.8, 4) is 0 Å². The summed E-state index contributed by atoms with van der Waals surface area (Å²) in [5.74, 6) is 0. The van der Waals surface area contributed by atoms with Gasteiger partial charge in [0.25, 0.3) is 0 Å². The number of nitrogens with two attached hydrogens (primary N) is 1. The van der Waals surface area contributed by atoms with Gasteiger partial charge in [0.05, 0.1) is 10.4 Å². The zero-order valence-electron chi connectivity index (χ0n) is 10.8. The highest BCUT2D eigenvalue weighted by Gasteiger charge is 2.30. The summed E-state index contributed by atoms with van der Waals surface area (Å²) in [5.41, 5.74) is 7.50. The molecule has 0 bridgehead atoms. The molecule has 3 heterocycles. The fourth-order valence-electron chi connectivity index (χ4n) is 2.88. The maximum absolute atomic E-state index is 6.06. The fourth-order valence-corrected chi connectivity index (χ4v) is 5.03. The largest absolute Gasteiger partial charge is 0.329 e. The van der Waals surface area contributed by atoms with Crippen molar-refractivity contribution < 1.29 is 0 Å². The summed E-state index contributed by atoms with van der Waals surface area (Å²) in [6.07, 6.45) is 1.13. The lowest BCUT2D eigenvalue weighted by atomic mass is 9.98. The minimum Gasteiger partial charge on any atom is -0.329 e. The molecule has 0 aromatic carbocycles. The van der Waals surface area contributed by atoms with Crippen molar-refractivity contribution in [1.29, 1.82) is 0 Å². The number of nitrogens with zero attached hydrogens (tertiary/aromatic N) is 1. The predicted octanol–water partition coefficient (Wildman–Crippen LogP) is 4.08. The van der Waals surface area contributed by atoms with Crippen LogP contribution in [0.1, 0.15) is 34.3 Å². The van der Waals surface area contributed by atoms with Gasteiger partial charge in [0.2, 0.25) is 0 Å². The molecule has 2 N–H and O–H groups in total. The molecule has 0 spiro atoms. The van der Waals surface area contributed by atoms with Gasteiger partial charge in [0.1, 0.15) is 0 Å². The first-order valence-electron chi connectivity index (χ1n) is 6.48. The monoisotopic (exact) mass is 312 g/mol. The average molecular weight is 313 g/mol. The zero-order chi connectivity index (χ0) is 13.4. The van der Waals surface area contributed by atoms with Gasteiger partial charge in [-0.05, 0) is 42.5 Å². The van der Waals surface area contributed by atoms with Crippen LogP contribution >= 0.6 is 34.3 Å². The van der Waals surface area contributed by atoms with Gasteiger partial charge in [0, 0.05) is 28.9 Å². The number of halogens is 1. The summed E-state index contributed by atoms with van der Waals surface area (Å²) in [7, 11) is 0. The van der Waals surface area contributed by atoms with Crippen LogP contribution in [0, 0.1) is 0 Å². The maximum atomic E-state index is 6.06. The van der Waals surface area contributed by atoms with Crippen LogP contribution in [-0.2, 0) is 6.42 Å². The molecule has 3 rings (SSSR count). The van der Waals surface area contributed by atoms with Gasteiger partial charge in [-0.25, -0.2) is 0 Å². The second-order valence-electron chi connectivity index (χ2n) is 4.86. The minimum absolute atomic E-state index is 0.278. The summed E-state index contributed by atoms with van der Waals surface area (Å²) in [6, 6.07) is 7.05. The van der Waals surface area contributed by atoms with Crippen molar-refractivity contribution in [1.82, 2.24) is 4.90 Å². The lowest BCUT2D eigenvalue weighted by Crippen LogP contribution is -2.39. The van der Waals surface area contributed by atoms with Crippen molar-refractivity contribution in [2.75, 3.05) is 13.1 Å². The topological polar surface area (TPSA) is 29.3 Å². The Hall–Kier alpha value is -0.390. The van der Waals surface area contributed by atoms with E-state index in [2.05, 4.69) is 29.3 Å². The van der Waals surface area contributed by atoms with Crippen molar-refractivity contribution in [2.45, 2.75) is 25.4 Å². The molecular weight excluding hydrogens is 296 g/mol. The smallest absolute Gasteiger partial charge is 0.0931 e. The molecule has 102 valence electrons. The molecule has 0 saturated carbocycles. The highest BCUT2D eigenvalue weighted by Crippen LogP contribution is 2.39. The lowest BCUT2D eigenvalue weighted by Gasteiger charge is -2.38. The molecule has 0 fully saturated rings. The molecule has 0 radical (unpaired) electrons. The first kappa shape index (κ1) is 13.6. The van der Waals surface area contributed by atoms with Crippen LogP contribution in [0.4, 0.5) is 0 Å². The molecule has 2 atom stereocenters. The molecule has 0 aliphatic carbocycles. The van der Waals surface area contributed by atoms with Crippen LogP contribution in [0.5, 0.6) is 0 Å². The second-order valence-corrected chi connectivity index (χ2v) is 7.60. The van der Waals surface area contributed by atoms with Gasteiger partial charge in [0.15, 0.2) is 0 Å². The predicted molar refractivity (Wildman–Crippen MR) is 84.3 cm³/mol. The Morgan fingerprint density at radius 3 is 3.00 bits per heavy atom. The molecule has 5 heteroatoms. The standard InChI is InChI=1S/C14H17ClN2S2/c1-9-10-5-7-18-12(10)4-6-17(9)11(8-16)13-2-3-14(15)19-13/h2-3,5,7,9,11H,4,6,8,16H2,1H3. The maximum Gasteiger partial charge on any atom is 0.0931 e.